The molecule has 0 aromatic carbocycles. The Labute approximate surface area is 101 Å². The molecule has 2 aliphatic carbocycles. The monoisotopic (exact) mass is 252 g/mol. The number of aliphatic hydroxyl groups excluding tert-OH is 1. The van der Waals surface area contributed by atoms with Crippen LogP contribution in [0.5, 0.6) is 0 Å². The second kappa shape index (κ2) is 3.57. The molecule has 0 aliphatic heterocycles. The SMILES string of the molecule is CC1c2[nH]c(=O)[nH]c(=O)c2C(O)=C(F)C1C1CC1. The predicted octanol–water partition coefficient (Wildman–Crippen LogP) is 1.40. The molecular formula is C12H13FN2O3. The van der Waals surface area contributed by atoms with Crippen molar-refractivity contribution in [2.24, 2.45) is 11.8 Å². The Morgan fingerprint density at radius 3 is 2.56 bits per heavy atom. The van der Waals surface area contributed by atoms with Crippen LogP contribution in [0.2, 0.25) is 0 Å². The van der Waals surface area contributed by atoms with E-state index in [1.807, 2.05) is 4.98 Å². The van der Waals surface area contributed by atoms with Crippen LogP contribution in [0.15, 0.2) is 15.4 Å². The van der Waals surface area contributed by atoms with E-state index >= 15 is 0 Å². The highest BCUT2D eigenvalue weighted by atomic mass is 19.1. The largest absolute Gasteiger partial charge is 0.504 e. The van der Waals surface area contributed by atoms with E-state index in [9.17, 15) is 19.1 Å². The summed E-state index contributed by atoms with van der Waals surface area (Å²) in [4.78, 5) is 27.4. The first-order chi connectivity index (χ1) is 8.50. The molecule has 2 unspecified atom stereocenters. The number of halogens is 1. The van der Waals surface area contributed by atoms with Crippen LogP contribution in [-0.4, -0.2) is 15.1 Å². The lowest BCUT2D eigenvalue weighted by Gasteiger charge is -2.28. The van der Waals surface area contributed by atoms with E-state index in [2.05, 4.69) is 4.98 Å². The van der Waals surface area contributed by atoms with E-state index in [4.69, 9.17) is 0 Å². The number of allylic oxidation sites excluding steroid dienone is 1. The summed E-state index contributed by atoms with van der Waals surface area (Å²) in [6.07, 6.45) is 1.83. The van der Waals surface area contributed by atoms with E-state index < -0.39 is 28.8 Å². The van der Waals surface area contributed by atoms with Gasteiger partial charge < -0.3 is 10.1 Å². The molecule has 6 heteroatoms. The predicted molar refractivity (Wildman–Crippen MR) is 63.0 cm³/mol. The smallest absolute Gasteiger partial charge is 0.325 e. The van der Waals surface area contributed by atoms with E-state index in [1.165, 1.54) is 0 Å². The average Bonchev–Trinajstić information content (AvgIpc) is 3.10. The van der Waals surface area contributed by atoms with Crippen molar-refractivity contribution in [2.45, 2.75) is 25.7 Å². The molecule has 1 aromatic rings. The van der Waals surface area contributed by atoms with Crippen molar-refractivity contribution in [3.63, 3.8) is 0 Å². The Morgan fingerprint density at radius 1 is 1.28 bits per heavy atom. The molecule has 5 nitrogen and oxygen atoms in total. The third-order valence-corrected chi connectivity index (χ3v) is 3.85. The summed E-state index contributed by atoms with van der Waals surface area (Å²) in [5.74, 6) is -1.81. The zero-order chi connectivity index (χ0) is 13.0. The van der Waals surface area contributed by atoms with Crippen LogP contribution in [0.1, 0.15) is 36.9 Å². The molecule has 0 bridgehead atoms. The third kappa shape index (κ3) is 1.45. The molecule has 3 rings (SSSR count). The molecular weight excluding hydrogens is 239 g/mol. The summed E-state index contributed by atoms with van der Waals surface area (Å²) in [5, 5.41) is 9.83. The summed E-state index contributed by atoms with van der Waals surface area (Å²) in [6, 6.07) is 0. The lowest BCUT2D eigenvalue weighted by atomic mass is 9.79. The van der Waals surface area contributed by atoms with Crippen molar-refractivity contribution in [1.29, 1.82) is 0 Å². The minimum Gasteiger partial charge on any atom is -0.504 e. The van der Waals surface area contributed by atoms with Crippen molar-refractivity contribution in [3.8, 4) is 0 Å². The lowest BCUT2D eigenvalue weighted by molar-refractivity contribution is 0.335. The first-order valence-electron chi connectivity index (χ1n) is 5.96. The molecule has 3 N–H and O–H groups in total. The zero-order valence-electron chi connectivity index (χ0n) is 9.79. The van der Waals surface area contributed by atoms with Gasteiger partial charge in [0.15, 0.2) is 5.76 Å². The van der Waals surface area contributed by atoms with Crippen LogP contribution in [0.4, 0.5) is 4.39 Å². The number of nitrogens with one attached hydrogen (secondary N) is 2. The number of hydrogen-bond acceptors (Lipinski definition) is 3. The van der Waals surface area contributed by atoms with Gasteiger partial charge in [0, 0.05) is 17.5 Å². The highest BCUT2D eigenvalue weighted by molar-refractivity contribution is 5.65. The number of fused-ring (bicyclic) bond motifs is 1. The Kier molecular flexibility index (Phi) is 2.23. The van der Waals surface area contributed by atoms with Crippen LogP contribution in [-0.2, 0) is 0 Å². The highest BCUT2D eigenvalue weighted by Gasteiger charge is 2.44. The normalized spacial score (nSPS) is 27.2. The van der Waals surface area contributed by atoms with Crippen molar-refractivity contribution < 1.29 is 9.50 Å². The van der Waals surface area contributed by atoms with Gasteiger partial charge in [0.1, 0.15) is 11.4 Å². The van der Waals surface area contributed by atoms with Gasteiger partial charge in [0.05, 0.1) is 0 Å². The fourth-order valence-electron chi connectivity index (χ4n) is 2.83. The standard InChI is InChI=1S/C12H13FN2O3/c1-4-6(5-2-3-5)8(13)10(16)7-9(4)14-12(18)15-11(7)17/h4-6,16H,2-3H2,1H3,(H2,14,15,17,18). The fourth-order valence-corrected chi connectivity index (χ4v) is 2.83. The van der Waals surface area contributed by atoms with Crippen molar-refractivity contribution in [3.05, 3.63) is 37.9 Å². The van der Waals surface area contributed by atoms with Crippen LogP contribution in [0, 0.1) is 11.8 Å². The molecule has 0 amide bonds. The topological polar surface area (TPSA) is 86.0 Å². The van der Waals surface area contributed by atoms with Gasteiger partial charge in [-0.05, 0) is 18.8 Å². The lowest BCUT2D eigenvalue weighted by Crippen LogP contribution is -2.33. The molecule has 96 valence electrons. The van der Waals surface area contributed by atoms with Crippen molar-refractivity contribution in [1.82, 2.24) is 9.97 Å². The van der Waals surface area contributed by atoms with Crippen LogP contribution in [0.3, 0.4) is 0 Å². The Hall–Kier alpha value is -1.85. The van der Waals surface area contributed by atoms with E-state index in [0.29, 0.717) is 5.69 Å². The van der Waals surface area contributed by atoms with Gasteiger partial charge in [-0.1, -0.05) is 6.92 Å². The van der Waals surface area contributed by atoms with E-state index in [1.54, 1.807) is 6.92 Å². The molecule has 1 saturated carbocycles. The minimum atomic E-state index is -0.748. The maximum Gasteiger partial charge on any atom is 0.325 e. The first kappa shape index (κ1) is 11.3. The number of aliphatic hydroxyl groups is 1. The second-order valence-corrected chi connectivity index (χ2v) is 5.05. The van der Waals surface area contributed by atoms with E-state index in [0.717, 1.165) is 12.8 Å². The minimum absolute atomic E-state index is 0.142. The Morgan fingerprint density at radius 2 is 1.94 bits per heavy atom. The molecule has 0 saturated heterocycles. The molecule has 1 aromatic heterocycles. The third-order valence-electron chi connectivity index (χ3n) is 3.85. The number of aromatic nitrogens is 2. The Balaban J connectivity index is 2.28. The van der Waals surface area contributed by atoms with Gasteiger partial charge >= 0.3 is 5.69 Å². The number of rotatable bonds is 1. The van der Waals surface area contributed by atoms with E-state index in [-0.39, 0.29) is 17.4 Å². The van der Waals surface area contributed by atoms with Gasteiger partial charge in [-0.15, -0.1) is 0 Å². The summed E-state index contributed by atoms with van der Waals surface area (Å²) >= 11 is 0. The summed E-state index contributed by atoms with van der Waals surface area (Å²) < 4.78 is 14.1. The Bertz CT molecular complexity index is 654. The summed E-state index contributed by atoms with van der Waals surface area (Å²) in [6.45, 7) is 1.77. The number of H-pyrrole nitrogens is 2. The second-order valence-electron chi connectivity index (χ2n) is 5.05. The molecule has 2 atom stereocenters. The van der Waals surface area contributed by atoms with Crippen LogP contribution < -0.4 is 11.2 Å². The van der Waals surface area contributed by atoms with Gasteiger partial charge in [-0.25, -0.2) is 9.18 Å². The van der Waals surface area contributed by atoms with Gasteiger partial charge in [-0.2, -0.15) is 0 Å². The van der Waals surface area contributed by atoms with Gasteiger partial charge in [0.25, 0.3) is 5.56 Å². The summed E-state index contributed by atoms with van der Waals surface area (Å²) in [7, 11) is 0. The van der Waals surface area contributed by atoms with Gasteiger partial charge in [0.2, 0.25) is 0 Å². The highest BCUT2D eigenvalue weighted by Crippen LogP contribution is 2.51. The summed E-state index contributed by atoms with van der Waals surface area (Å²) in [5.41, 5.74) is -1.19. The molecule has 1 heterocycles. The number of aromatic amines is 2. The zero-order valence-corrected chi connectivity index (χ0v) is 9.79. The molecule has 18 heavy (non-hydrogen) atoms. The number of hydrogen-bond donors (Lipinski definition) is 3. The van der Waals surface area contributed by atoms with Crippen molar-refractivity contribution in [2.75, 3.05) is 0 Å². The van der Waals surface area contributed by atoms with Gasteiger partial charge in [-0.3, -0.25) is 9.78 Å². The molecule has 0 radical (unpaired) electrons. The maximum absolute atomic E-state index is 14.1. The fraction of sp³-hybridized carbons (Fsp3) is 0.500. The van der Waals surface area contributed by atoms with Crippen molar-refractivity contribution >= 4 is 5.76 Å². The molecule has 1 fully saturated rings. The molecule has 0 spiro atoms. The quantitative estimate of drug-likeness (QED) is 0.706. The first-order valence-corrected chi connectivity index (χ1v) is 5.96. The molecule has 2 aliphatic rings. The van der Waals surface area contributed by atoms with Crippen LogP contribution in [0.25, 0.3) is 5.76 Å². The average molecular weight is 252 g/mol. The maximum atomic E-state index is 14.1. The van der Waals surface area contributed by atoms with Crippen LogP contribution >= 0.6 is 0 Å².